The predicted molar refractivity (Wildman–Crippen MR) is 80.8 cm³/mol. The highest BCUT2D eigenvalue weighted by Gasteiger charge is 2.23. The van der Waals surface area contributed by atoms with Gasteiger partial charge in [-0.05, 0) is 18.4 Å². The van der Waals surface area contributed by atoms with Crippen LogP contribution in [0.3, 0.4) is 0 Å². The number of thioether (sulfide) groups is 1. The third-order valence-corrected chi connectivity index (χ3v) is 4.71. The van der Waals surface area contributed by atoms with E-state index in [-0.39, 0.29) is 12.7 Å². The van der Waals surface area contributed by atoms with Gasteiger partial charge in [0.25, 0.3) is 0 Å². The summed E-state index contributed by atoms with van der Waals surface area (Å²) in [5, 5.41) is 9.37. The van der Waals surface area contributed by atoms with Crippen molar-refractivity contribution < 1.29 is 14.6 Å². The molecule has 1 N–H and O–H groups in total. The number of aliphatic hydroxyl groups excluding tert-OH is 1. The molecular weight excluding hydrogens is 274 g/mol. The minimum absolute atomic E-state index is 0.223. The molecule has 1 aromatic rings. The SMILES string of the molecule is O=C(OCc1ccccc1)N1CCC(SCCO)CC1. The predicted octanol–water partition coefficient (Wildman–Crippen LogP) is 2.51. The van der Waals surface area contributed by atoms with Crippen molar-refractivity contribution in [3.8, 4) is 0 Å². The van der Waals surface area contributed by atoms with E-state index in [0.29, 0.717) is 11.9 Å². The lowest BCUT2D eigenvalue weighted by Gasteiger charge is -2.30. The molecule has 1 amide bonds. The Balaban J connectivity index is 1.69. The number of likely N-dealkylation sites (tertiary alicyclic amines) is 1. The van der Waals surface area contributed by atoms with E-state index in [1.54, 1.807) is 16.7 Å². The van der Waals surface area contributed by atoms with Crippen LogP contribution < -0.4 is 0 Å². The van der Waals surface area contributed by atoms with Gasteiger partial charge in [-0.25, -0.2) is 4.79 Å². The zero-order valence-electron chi connectivity index (χ0n) is 11.5. The fraction of sp³-hybridized carbons (Fsp3) is 0.533. The monoisotopic (exact) mass is 295 g/mol. The molecule has 5 heteroatoms. The van der Waals surface area contributed by atoms with Crippen LogP contribution in [0.5, 0.6) is 0 Å². The molecule has 1 aromatic carbocycles. The maximum Gasteiger partial charge on any atom is 0.410 e. The Morgan fingerprint density at radius 3 is 2.65 bits per heavy atom. The van der Waals surface area contributed by atoms with Gasteiger partial charge in [-0.1, -0.05) is 30.3 Å². The Bertz CT molecular complexity index is 405. The van der Waals surface area contributed by atoms with E-state index in [0.717, 1.165) is 37.2 Å². The molecule has 1 heterocycles. The molecule has 2 rings (SSSR count). The van der Waals surface area contributed by atoms with Crippen LogP contribution in [0.15, 0.2) is 30.3 Å². The summed E-state index contributed by atoms with van der Waals surface area (Å²) >= 11 is 1.79. The van der Waals surface area contributed by atoms with Crippen molar-refractivity contribution in [3.63, 3.8) is 0 Å². The van der Waals surface area contributed by atoms with Gasteiger partial charge in [-0.2, -0.15) is 11.8 Å². The van der Waals surface area contributed by atoms with E-state index in [4.69, 9.17) is 9.84 Å². The van der Waals surface area contributed by atoms with Gasteiger partial charge >= 0.3 is 6.09 Å². The minimum atomic E-state index is -0.223. The molecule has 20 heavy (non-hydrogen) atoms. The van der Waals surface area contributed by atoms with E-state index >= 15 is 0 Å². The summed E-state index contributed by atoms with van der Waals surface area (Å²) in [6.07, 6.45) is 1.73. The van der Waals surface area contributed by atoms with Gasteiger partial charge < -0.3 is 14.7 Å². The molecule has 0 saturated carbocycles. The average Bonchev–Trinajstić information content (AvgIpc) is 2.52. The first-order valence-corrected chi connectivity index (χ1v) is 8.02. The number of carbonyl (C=O) groups excluding carboxylic acids is 1. The van der Waals surface area contributed by atoms with Gasteiger partial charge in [0.15, 0.2) is 0 Å². The Kier molecular flexibility index (Phi) is 6.21. The van der Waals surface area contributed by atoms with Crippen LogP contribution >= 0.6 is 11.8 Å². The Hall–Kier alpha value is -1.20. The number of piperidine rings is 1. The van der Waals surface area contributed by atoms with Crippen molar-refractivity contribution in [2.24, 2.45) is 0 Å². The third kappa shape index (κ3) is 4.72. The standard InChI is InChI=1S/C15H21NO3S/c17-10-11-20-14-6-8-16(9-7-14)15(18)19-12-13-4-2-1-3-5-13/h1-5,14,17H,6-12H2. The van der Waals surface area contributed by atoms with E-state index in [1.807, 2.05) is 30.3 Å². The van der Waals surface area contributed by atoms with E-state index in [1.165, 1.54) is 0 Å². The van der Waals surface area contributed by atoms with Crippen LogP contribution in [0.25, 0.3) is 0 Å². The number of rotatable bonds is 5. The average molecular weight is 295 g/mol. The first-order valence-electron chi connectivity index (χ1n) is 6.97. The summed E-state index contributed by atoms with van der Waals surface area (Å²) in [4.78, 5) is 13.7. The number of aliphatic hydroxyl groups is 1. The van der Waals surface area contributed by atoms with Crippen molar-refractivity contribution in [2.75, 3.05) is 25.4 Å². The van der Waals surface area contributed by atoms with Gasteiger partial charge in [0.2, 0.25) is 0 Å². The maximum absolute atomic E-state index is 11.9. The molecule has 0 bridgehead atoms. The van der Waals surface area contributed by atoms with Crippen LogP contribution in [0.2, 0.25) is 0 Å². The molecule has 4 nitrogen and oxygen atoms in total. The number of hydrogen-bond acceptors (Lipinski definition) is 4. The van der Waals surface area contributed by atoms with Gasteiger partial charge in [-0.3, -0.25) is 0 Å². The van der Waals surface area contributed by atoms with Crippen LogP contribution in [0.1, 0.15) is 18.4 Å². The second-order valence-corrected chi connectivity index (χ2v) is 6.23. The number of ether oxygens (including phenoxy) is 1. The van der Waals surface area contributed by atoms with E-state index in [9.17, 15) is 4.79 Å². The lowest BCUT2D eigenvalue weighted by molar-refractivity contribution is 0.0901. The zero-order chi connectivity index (χ0) is 14.2. The normalized spacial score (nSPS) is 16.1. The highest BCUT2D eigenvalue weighted by Crippen LogP contribution is 2.23. The Morgan fingerprint density at radius 2 is 2.00 bits per heavy atom. The molecule has 0 radical (unpaired) electrons. The number of nitrogens with zero attached hydrogens (tertiary/aromatic N) is 1. The summed E-state index contributed by atoms with van der Waals surface area (Å²) in [6, 6.07) is 9.72. The van der Waals surface area contributed by atoms with Gasteiger partial charge in [0.05, 0.1) is 6.61 Å². The number of carbonyl (C=O) groups is 1. The molecule has 1 aliphatic heterocycles. The molecule has 0 atom stereocenters. The molecular formula is C15H21NO3S. The van der Waals surface area contributed by atoms with E-state index < -0.39 is 0 Å². The molecule has 1 saturated heterocycles. The summed E-state index contributed by atoms with van der Waals surface area (Å²) < 4.78 is 5.32. The highest BCUT2D eigenvalue weighted by molar-refractivity contribution is 7.99. The van der Waals surface area contributed by atoms with Crippen molar-refractivity contribution in [1.29, 1.82) is 0 Å². The molecule has 1 fully saturated rings. The second kappa shape index (κ2) is 8.17. The summed E-state index contributed by atoms with van der Waals surface area (Å²) in [5.74, 6) is 0.781. The third-order valence-electron chi connectivity index (χ3n) is 3.35. The van der Waals surface area contributed by atoms with Gasteiger partial charge in [0, 0.05) is 24.1 Å². The molecule has 1 aliphatic rings. The number of hydrogen-bond donors (Lipinski definition) is 1. The lowest BCUT2D eigenvalue weighted by atomic mass is 10.1. The fourth-order valence-electron chi connectivity index (χ4n) is 2.24. The summed E-state index contributed by atoms with van der Waals surface area (Å²) in [7, 11) is 0. The zero-order valence-corrected chi connectivity index (χ0v) is 12.3. The van der Waals surface area contributed by atoms with Crippen molar-refractivity contribution in [1.82, 2.24) is 4.90 Å². The highest BCUT2D eigenvalue weighted by atomic mass is 32.2. The molecule has 0 spiro atoms. The topological polar surface area (TPSA) is 49.8 Å². The molecule has 0 aliphatic carbocycles. The van der Waals surface area contributed by atoms with E-state index in [2.05, 4.69) is 0 Å². The quantitative estimate of drug-likeness (QED) is 0.907. The van der Waals surface area contributed by atoms with Crippen molar-refractivity contribution in [3.05, 3.63) is 35.9 Å². The van der Waals surface area contributed by atoms with Crippen LogP contribution in [-0.2, 0) is 11.3 Å². The van der Waals surface area contributed by atoms with Gasteiger partial charge in [-0.15, -0.1) is 0 Å². The largest absolute Gasteiger partial charge is 0.445 e. The first kappa shape index (κ1) is 15.2. The maximum atomic E-state index is 11.9. The summed E-state index contributed by atoms with van der Waals surface area (Å²) in [5.41, 5.74) is 1.01. The van der Waals surface area contributed by atoms with Gasteiger partial charge in [0.1, 0.15) is 6.61 Å². The van der Waals surface area contributed by atoms with Crippen LogP contribution in [0.4, 0.5) is 4.79 Å². The Morgan fingerprint density at radius 1 is 1.30 bits per heavy atom. The molecule has 110 valence electrons. The minimum Gasteiger partial charge on any atom is -0.445 e. The van der Waals surface area contributed by atoms with Crippen molar-refractivity contribution >= 4 is 17.9 Å². The Labute approximate surface area is 124 Å². The summed E-state index contributed by atoms with van der Waals surface area (Å²) in [6.45, 7) is 2.05. The second-order valence-electron chi connectivity index (χ2n) is 4.82. The lowest BCUT2D eigenvalue weighted by Crippen LogP contribution is -2.39. The number of amides is 1. The van der Waals surface area contributed by atoms with Crippen molar-refractivity contribution in [2.45, 2.75) is 24.7 Å². The smallest absolute Gasteiger partial charge is 0.410 e. The molecule has 0 aromatic heterocycles. The number of benzene rings is 1. The van der Waals surface area contributed by atoms with Crippen LogP contribution in [0, 0.1) is 0 Å². The molecule has 0 unspecified atom stereocenters. The first-order chi connectivity index (χ1) is 9.79. The van der Waals surface area contributed by atoms with Crippen LogP contribution in [-0.4, -0.2) is 46.8 Å². The fourth-order valence-corrected chi connectivity index (χ4v) is 3.22.